The Morgan fingerprint density at radius 3 is 2.37 bits per heavy atom. The minimum atomic E-state index is -4.65. The molecule has 136 valence electrons. The van der Waals surface area contributed by atoms with Gasteiger partial charge in [0.05, 0.1) is 11.3 Å². The number of nitrogens with zero attached hydrogens (tertiary/aromatic N) is 3. The smallest absolute Gasteiger partial charge is 0.338 e. The quantitative estimate of drug-likeness (QED) is 0.485. The van der Waals surface area contributed by atoms with E-state index in [1.54, 1.807) is 24.3 Å². The highest BCUT2D eigenvalue weighted by Gasteiger charge is 2.35. The molecule has 0 spiro atoms. The predicted molar refractivity (Wildman–Crippen MR) is 104 cm³/mol. The first-order chi connectivity index (χ1) is 12.9. The number of nitriles is 1. The number of hydrogen-bond donors (Lipinski definition) is 2. The van der Waals surface area contributed by atoms with Crippen LogP contribution >= 0.6 is 22.6 Å². The van der Waals surface area contributed by atoms with Crippen LogP contribution in [0.2, 0.25) is 0 Å². The Morgan fingerprint density at radius 1 is 1.00 bits per heavy atom. The standard InChI is InChI=1S/C18H11F3IN5/c19-18(20,21)14-10-24-17(25-13-7-5-12(22)6-8-13)27-16(14)26-15-4-2-1-3-11(15)9-23/h1-8,10H,(H2,24,25,26,27). The van der Waals surface area contributed by atoms with E-state index in [9.17, 15) is 13.2 Å². The van der Waals surface area contributed by atoms with Crippen molar-refractivity contribution >= 4 is 45.7 Å². The van der Waals surface area contributed by atoms with E-state index in [0.29, 0.717) is 11.9 Å². The van der Waals surface area contributed by atoms with Crippen molar-refractivity contribution in [3.8, 4) is 6.07 Å². The van der Waals surface area contributed by atoms with Crippen LogP contribution in [0.3, 0.4) is 0 Å². The van der Waals surface area contributed by atoms with Crippen LogP contribution in [-0.4, -0.2) is 9.97 Å². The van der Waals surface area contributed by atoms with E-state index in [4.69, 9.17) is 5.26 Å². The molecule has 0 fully saturated rings. The van der Waals surface area contributed by atoms with Crippen molar-refractivity contribution in [1.82, 2.24) is 9.97 Å². The van der Waals surface area contributed by atoms with E-state index in [0.717, 1.165) is 3.57 Å². The molecule has 2 N–H and O–H groups in total. The van der Waals surface area contributed by atoms with Crippen molar-refractivity contribution in [2.75, 3.05) is 10.6 Å². The van der Waals surface area contributed by atoms with Crippen LogP contribution in [-0.2, 0) is 6.18 Å². The lowest BCUT2D eigenvalue weighted by Crippen LogP contribution is -2.13. The summed E-state index contributed by atoms with van der Waals surface area (Å²) in [6.45, 7) is 0. The van der Waals surface area contributed by atoms with Crippen molar-refractivity contribution in [2.24, 2.45) is 0 Å². The third-order valence-electron chi connectivity index (χ3n) is 3.50. The molecule has 0 aliphatic rings. The summed E-state index contributed by atoms with van der Waals surface area (Å²) in [6, 6.07) is 15.4. The molecule has 1 aromatic heterocycles. The molecule has 0 aliphatic heterocycles. The van der Waals surface area contributed by atoms with Gasteiger partial charge in [-0.3, -0.25) is 0 Å². The summed E-state index contributed by atoms with van der Waals surface area (Å²) in [5.41, 5.74) is 0.0442. The highest BCUT2D eigenvalue weighted by molar-refractivity contribution is 14.1. The van der Waals surface area contributed by atoms with E-state index in [-0.39, 0.29) is 17.2 Å². The van der Waals surface area contributed by atoms with Gasteiger partial charge in [-0.25, -0.2) is 4.98 Å². The van der Waals surface area contributed by atoms with Crippen LogP contribution in [0.1, 0.15) is 11.1 Å². The summed E-state index contributed by atoms with van der Waals surface area (Å²) in [5, 5.41) is 14.6. The van der Waals surface area contributed by atoms with Crippen LogP contribution in [0, 0.1) is 14.9 Å². The zero-order valence-corrected chi connectivity index (χ0v) is 15.7. The maximum Gasteiger partial charge on any atom is 0.421 e. The zero-order valence-electron chi connectivity index (χ0n) is 13.5. The lowest BCUT2D eigenvalue weighted by Gasteiger charge is -2.15. The van der Waals surface area contributed by atoms with E-state index in [1.807, 2.05) is 18.2 Å². The molecule has 0 amide bonds. The maximum absolute atomic E-state index is 13.3. The third kappa shape index (κ3) is 4.65. The summed E-state index contributed by atoms with van der Waals surface area (Å²) in [4.78, 5) is 7.72. The fraction of sp³-hybridized carbons (Fsp3) is 0.0556. The maximum atomic E-state index is 13.3. The zero-order chi connectivity index (χ0) is 19.4. The fourth-order valence-corrected chi connectivity index (χ4v) is 2.58. The summed E-state index contributed by atoms with van der Waals surface area (Å²) in [5.74, 6) is -0.436. The molecule has 27 heavy (non-hydrogen) atoms. The number of aromatic nitrogens is 2. The summed E-state index contributed by atoms with van der Waals surface area (Å²) in [6.07, 6.45) is -3.94. The van der Waals surface area contributed by atoms with Crippen LogP contribution in [0.25, 0.3) is 0 Å². The molecule has 0 saturated carbocycles. The molecule has 0 radical (unpaired) electrons. The number of alkyl halides is 3. The highest BCUT2D eigenvalue weighted by Crippen LogP contribution is 2.35. The van der Waals surface area contributed by atoms with Gasteiger partial charge < -0.3 is 10.6 Å². The van der Waals surface area contributed by atoms with Gasteiger partial charge in [0.2, 0.25) is 5.95 Å². The van der Waals surface area contributed by atoms with Gasteiger partial charge in [-0.2, -0.15) is 23.4 Å². The van der Waals surface area contributed by atoms with Crippen LogP contribution in [0.5, 0.6) is 0 Å². The van der Waals surface area contributed by atoms with Gasteiger partial charge in [0.1, 0.15) is 17.5 Å². The first-order valence-corrected chi connectivity index (χ1v) is 8.67. The van der Waals surface area contributed by atoms with Gasteiger partial charge in [0, 0.05) is 15.5 Å². The second-order valence-corrected chi connectivity index (χ2v) is 6.61. The van der Waals surface area contributed by atoms with Crippen molar-refractivity contribution in [3.63, 3.8) is 0 Å². The Hall–Kier alpha value is -2.87. The number of nitrogens with one attached hydrogen (secondary N) is 2. The molecular weight excluding hydrogens is 470 g/mol. The number of rotatable bonds is 4. The van der Waals surface area contributed by atoms with Gasteiger partial charge in [-0.05, 0) is 59.0 Å². The first-order valence-electron chi connectivity index (χ1n) is 7.60. The van der Waals surface area contributed by atoms with Crippen molar-refractivity contribution in [1.29, 1.82) is 5.26 Å². The number of benzene rings is 2. The van der Waals surface area contributed by atoms with Gasteiger partial charge in [-0.15, -0.1) is 0 Å². The summed E-state index contributed by atoms with van der Waals surface area (Å²) < 4.78 is 41.0. The number of para-hydroxylation sites is 1. The van der Waals surface area contributed by atoms with E-state index in [2.05, 4.69) is 43.2 Å². The number of hydrogen-bond acceptors (Lipinski definition) is 5. The van der Waals surface area contributed by atoms with Gasteiger partial charge in [0.25, 0.3) is 0 Å². The topological polar surface area (TPSA) is 73.6 Å². The van der Waals surface area contributed by atoms with E-state index in [1.165, 1.54) is 12.1 Å². The number of anilines is 4. The molecule has 3 rings (SSSR count). The minimum absolute atomic E-state index is 0.00106. The molecule has 9 heteroatoms. The molecule has 0 atom stereocenters. The van der Waals surface area contributed by atoms with Crippen LogP contribution in [0.15, 0.2) is 54.7 Å². The van der Waals surface area contributed by atoms with E-state index < -0.39 is 17.6 Å². The molecule has 0 saturated heterocycles. The Bertz CT molecular complexity index is 997. The molecule has 3 aromatic rings. The minimum Gasteiger partial charge on any atom is -0.338 e. The lowest BCUT2D eigenvalue weighted by molar-refractivity contribution is -0.137. The van der Waals surface area contributed by atoms with Crippen LogP contribution < -0.4 is 10.6 Å². The van der Waals surface area contributed by atoms with Crippen LogP contribution in [0.4, 0.5) is 36.3 Å². The highest BCUT2D eigenvalue weighted by atomic mass is 127. The molecule has 2 aromatic carbocycles. The molecular formula is C18H11F3IN5. The lowest BCUT2D eigenvalue weighted by atomic mass is 10.2. The molecule has 0 aliphatic carbocycles. The second kappa shape index (κ2) is 7.79. The van der Waals surface area contributed by atoms with Crippen molar-refractivity contribution in [2.45, 2.75) is 6.18 Å². The number of halogens is 4. The van der Waals surface area contributed by atoms with Gasteiger partial charge in [-0.1, -0.05) is 12.1 Å². The van der Waals surface area contributed by atoms with Gasteiger partial charge in [0.15, 0.2) is 0 Å². The summed E-state index contributed by atoms with van der Waals surface area (Å²) >= 11 is 2.14. The van der Waals surface area contributed by atoms with Crippen molar-refractivity contribution in [3.05, 3.63) is 69.4 Å². The van der Waals surface area contributed by atoms with Gasteiger partial charge >= 0.3 is 6.18 Å². The fourth-order valence-electron chi connectivity index (χ4n) is 2.22. The largest absolute Gasteiger partial charge is 0.421 e. The normalized spacial score (nSPS) is 10.9. The first kappa shape index (κ1) is 18.9. The average Bonchev–Trinajstić information content (AvgIpc) is 2.63. The Kier molecular flexibility index (Phi) is 5.46. The average molecular weight is 481 g/mol. The van der Waals surface area contributed by atoms with Crippen molar-refractivity contribution < 1.29 is 13.2 Å². The SMILES string of the molecule is N#Cc1ccccc1Nc1nc(Nc2ccc(I)cc2)ncc1C(F)(F)F. The van der Waals surface area contributed by atoms with E-state index >= 15 is 0 Å². The Morgan fingerprint density at radius 2 is 1.70 bits per heavy atom. The molecule has 5 nitrogen and oxygen atoms in total. The molecule has 0 unspecified atom stereocenters. The third-order valence-corrected chi connectivity index (χ3v) is 4.21. The summed E-state index contributed by atoms with van der Waals surface area (Å²) in [7, 11) is 0. The Labute approximate surface area is 166 Å². The predicted octanol–water partition coefficient (Wildman–Crippen LogP) is 5.46. The monoisotopic (exact) mass is 481 g/mol. The molecule has 1 heterocycles. The Balaban J connectivity index is 1.98. The second-order valence-electron chi connectivity index (χ2n) is 5.37. The molecule has 0 bridgehead atoms.